The molecule has 0 spiro atoms. The van der Waals surface area contributed by atoms with Gasteiger partial charge in [0.2, 0.25) is 0 Å². The van der Waals surface area contributed by atoms with Crippen LogP contribution in [0.1, 0.15) is 18.9 Å². The third-order valence-corrected chi connectivity index (χ3v) is 2.30. The minimum atomic E-state index is -0.286. The van der Waals surface area contributed by atoms with Crippen LogP contribution in [0.15, 0.2) is 29.8 Å². The van der Waals surface area contributed by atoms with Gasteiger partial charge in [-0.3, -0.25) is 0 Å². The fourth-order valence-electron chi connectivity index (χ4n) is 1.40. The van der Waals surface area contributed by atoms with Crippen LogP contribution in [0.4, 0.5) is 4.39 Å². The average Bonchev–Trinajstić information content (AvgIpc) is 2.29. The first-order valence-electron chi connectivity index (χ1n) is 5.64. The molecule has 0 bridgehead atoms. The van der Waals surface area contributed by atoms with Gasteiger partial charge < -0.3 is 10.1 Å². The molecule has 0 aliphatic carbocycles. The van der Waals surface area contributed by atoms with Crippen LogP contribution in [0.3, 0.4) is 0 Å². The summed E-state index contributed by atoms with van der Waals surface area (Å²) in [6, 6.07) is 4.70. The lowest BCUT2D eigenvalue weighted by molar-refractivity contribution is 0.360. The van der Waals surface area contributed by atoms with E-state index in [9.17, 15) is 4.39 Å². The van der Waals surface area contributed by atoms with Crippen molar-refractivity contribution in [2.24, 2.45) is 0 Å². The average molecular weight is 258 g/mol. The smallest absolute Gasteiger partial charge is 0.127 e. The number of benzene rings is 1. The molecule has 2 nitrogen and oxygen atoms in total. The number of nitrogens with one attached hydrogen (secondary N) is 1. The van der Waals surface area contributed by atoms with Crippen molar-refractivity contribution in [2.75, 3.05) is 13.2 Å². The van der Waals surface area contributed by atoms with Crippen molar-refractivity contribution in [3.8, 4) is 5.75 Å². The molecule has 0 heterocycles. The Morgan fingerprint density at radius 1 is 1.41 bits per heavy atom. The monoisotopic (exact) mass is 257 g/mol. The Kier molecular flexibility index (Phi) is 6.67. The van der Waals surface area contributed by atoms with Gasteiger partial charge in [0.25, 0.3) is 0 Å². The van der Waals surface area contributed by atoms with E-state index in [2.05, 4.69) is 12.2 Å². The summed E-state index contributed by atoms with van der Waals surface area (Å²) in [6.07, 6.45) is 2.71. The normalized spacial score (nSPS) is 11.0. The molecule has 0 saturated carbocycles. The highest BCUT2D eigenvalue weighted by molar-refractivity contribution is 6.25. The third kappa shape index (κ3) is 5.71. The second-order valence-corrected chi connectivity index (χ2v) is 3.90. The first-order chi connectivity index (χ1) is 8.26. The number of hydrogen-bond acceptors (Lipinski definition) is 2. The summed E-state index contributed by atoms with van der Waals surface area (Å²) in [7, 11) is 0. The highest BCUT2D eigenvalue weighted by atomic mass is 35.5. The van der Waals surface area contributed by atoms with Crippen molar-refractivity contribution in [1.82, 2.24) is 5.32 Å². The Morgan fingerprint density at radius 3 is 2.94 bits per heavy atom. The minimum Gasteiger partial charge on any atom is -0.489 e. The van der Waals surface area contributed by atoms with Gasteiger partial charge in [0.15, 0.2) is 0 Å². The lowest BCUT2D eigenvalue weighted by Gasteiger charge is -2.07. The Morgan fingerprint density at radius 2 is 2.24 bits per heavy atom. The summed E-state index contributed by atoms with van der Waals surface area (Å²) < 4.78 is 18.6. The molecule has 0 aromatic heterocycles. The fraction of sp³-hybridized carbons (Fsp3) is 0.385. The van der Waals surface area contributed by atoms with Crippen molar-refractivity contribution in [1.29, 1.82) is 0 Å². The maximum absolute atomic E-state index is 13.3. The van der Waals surface area contributed by atoms with Gasteiger partial charge in [-0.2, -0.15) is 0 Å². The highest BCUT2D eigenvalue weighted by Crippen LogP contribution is 2.16. The molecule has 1 aromatic carbocycles. The number of ether oxygens (including phenoxy) is 1. The number of rotatable bonds is 7. The maximum Gasteiger partial charge on any atom is 0.127 e. The predicted octanol–water partition coefficient (Wildman–Crippen LogP) is 3.46. The van der Waals surface area contributed by atoms with E-state index in [-0.39, 0.29) is 5.82 Å². The molecule has 0 aliphatic heterocycles. The van der Waals surface area contributed by atoms with E-state index >= 15 is 0 Å². The van der Waals surface area contributed by atoms with E-state index in [1.54, 1.807) is 6.08 Å². The van der Waals surface area contributed by atoms with Gasteiger partial charge in [-0.15, -0.1) is 0 Å². The Balaban J connectivity index is 2.58. The van der Waals surface area contributed by atoms with E-state index in [0.29, 0.717) is 18.9 Å². The Bertz CT molecular complexity index is 368. The van der Waals surface area contributed by atoms with E-state index in [4.69, 9.17) is 16.3 Å². The summed E-state index contributed by atoms with van der Waals surface area (Å²) in [5.41, 5.74) is 2.26. The van der Waals surface area contributed by atoms with Gasteiger partial charge in [-0.05, 0) is 36.7 Å². The van der Waals surface area contributed by atoms with E-state index in [0.717, 1.165) is 18.5 Å². The zero-order valence-electron chi connectivity index (χ0n) is 9.88. The summed E-state index contributed by atoms with van der Waals surface area (Å²) in [6.45, 7) is 4.00. The molecule has 1 N–H and O–H groups in total. The first-order valence-corrected chi connectivity index (χ1v) is 6.08. The lowest BCUT2D eigenvalue weighted by Crippen LogP contribution is -2.14. The van der Waals surface area contributed by atoms with Crippen LogP contribution in [0, 0.1) is 5.82 Å². The minimum absolute atomic E-state index is 0.286. The van der Waals surface area contributed by atoms with Gasteiger partial charge in [-0.25, -0.2) is 4.39 Å². The van der Waals surface area contributed by atoms with Gasteiger partial charge >= 0.3 is 0 Å². The molecule has 17 heavy (non-hydrogen) atoms. The van der Waals surface area contributed by atoms with Crippen LogP contribution in [-0.4, -0.2) is 13.2 Å². The van der Waals surface area contributed by atoms with E-state index < -0.39 is 0 Å². The van der Waals surface area contributed by atoms with Crippen LogP contribution < -0.4 is 10.1 Å². The molecule has 0 atom stereocenters. The molecule has 1 rings (SSSR count). The van der Waals surface area contributed by atoms with E-state index in [1.807, 2.05) is 6.07 Å². The number of hydrogen-bond donors (Lipinski definition) is 1. The topological polar surface area (TPSA) is 21.3 Å². The summed E-state index contributed by atoms with van der Waals surface area (Å²) >= 11 is 5.37. The van der Waals surface area contributed by atoms with Gasteiger partial charge in [0.1, 0.15) is 18.2 Å². The third-order valence-electron chi connectivity index (χ3n) is 2.12. The van der Waals surface area contributed by atoms with Gasteiger partial charge in [0.05, 0.1) is 0 Å². The molecular formula is C13H17ClFNO. The first kappa shape index (κ1) is 14.0. The van der Waals surface area contributed by atoms with Gasteiger partial charge in [0, 0.05) is 18.1 Å². The second kappa shape index (κ2) is 8.09. The highest BCUT2D eigenvalue weighted by Gasteiger charge is 2.01. The fourth-order valence-corrected chi connectivity index (χ4v) is 1.47. The van der Waals surface area contributed by atoms with Crippen LogP contribution >= 0.6 is 11.6 Å². The lowest BCUT2D eigenvalue weighted by atomic mass is 10.2. The molecule has 94 valence electrons. The molecule has 4 heteroatoms. The Hall–Kier alpha value is -1.06. The van der Waals surface area contributed by atoms with Crippen molar-refractivity contribution in [3.63, 3.8) is 0 Å². The molecule has 1 aromatic rings. The predicted molar refractivity (Wildman–Crippen MR) is 68.9 cm³/mol. The quantitative estimate of drug-likeness (QED) is 0.756. The second-order valence-electron chi connectivity index (χ2n) is 3.64. The van der Waals surface area contributed by atoms with E-state index in [1.165, 1.54) is 17.7 Å². The van der Waals surface area contributed by atoms with Crippen molar-refractivity contribution < 1.29 is 9.13 Å². The molecular weight excluding hydrogens is 241 g/mol. The van der Waals surface area contributed by atoms with Crippen LogP contribution in [-0.2, 0) is 6.54 Å². The van der Waals surface area contributed by atoms with Crippen LogP contribution in [0.2, 0.25) is 0 Å². The van der Waals surface area contributed by atoms with Crippen LogP contribution in [0.5, 0.6) is 5.75 Å². The maximum atomic E-state index is 13.3. The van der Waals surface area contributed by atoms with Crippen molar-refractivity contribution >= 4 is 11.6 Å². The molecule has 0 aliphatic rings. The zero-order chi connectivity index (χ0) is 12.5. The SMILES string of the molecule is CCCNCc1cc(F)cc(OC/C=C/Cl)c1. The summed E-state index contributed by atoms with van der Waals surface area (Å²) in [5, 5.41) is 3.22. The van der Waals surface area contributed by atoms with Crippen molar-refractivity contribution in [2.45, 2.75) is 19.9 Å². The van der Waals surface area contributed by atoms with Gasteiger partial charge in [-0.1, -0.05) is 18.5 Å². The Labute approximate surface area is 106 Å². The molecule has 0 saturated heterocycles. The molecule has 0 unspecified atom stereocenters. The summed E-state index contributed by atoms with van der Waals surface area (Å²) in [4.78, 5) is 0. The standard InChI is InChI=1S/C13H17ClFNO/c1-2-5-16-10-11-7-12(15)9-13(8-11)17-6-3-4-14/h3-4,7-9,16H,2,5-6,10H2,1H3/b4-3+. The summed E-state index contributed by atoms with van der Waals surface area (Å²) in [5.74, 6) is 0.235. The van der Waals surface area contributed by atoms with Crippen molar-refractivity contribution in [3.05, 3.63) is 41.2 Å². The van der Waals surface area contributed by atoms with Crippen LogP contribution in [0.25, 0.3) is 0 Å². The largest absolute Gasteiger partial charge is 0.489 e. The molecule has 0 radical (unpaired) electrons. The molecule has 0 fully saturated rings. The molecule has 0 amide bonds. The number of halogens is 2. The zero-order valence-corrected chi connectivity index (χ0v) is 10.6.